The number of nitrogens with zero attached hydrogens (tertiary/aromatic N) is 1. The number of benzene rings is 1. The van der Waals surface area contributed by atoms with Gasteiger partial charge in [0.2, 0.25) is 0 Å². The maximum atomic E-state index is 10.3. The minimum Gasteiger partial charge on any atom is -0.496 e. The lowest BCUT2D eigenvalue weighted by Gasteiger charge is -2.06. The van der Waals surface area contributed by atoms with Crippen LogP contribution in [0.5, 0.6) is 5.75 Å². The minimum atomic E-state index is -0.700. The molecule has 0 saturated carbocycles. The molecule has 0 heterocycles. The number of hydrazone groups is 1. The molecule has 0 bridgehead atoms. The van der Waals surface area contributed by atoms with E-state index in [4.69, 9.17) is 22.1 Å². The third kappa shape index (κ3) is 3.78. The fourth-order valence-corrected chi connectivity index (χ4v) is 1.35. The number of rotatable bonds is 4. The second-order valence-corrected chi connectivity index (χ2v) is 3.38. The number of hydrogen-bond donors (Lipinski definition) is 2. The normalized spacial score (nSPS) is 10.4. The number of ether oxygens (including phenoxy) is 1. The summed E-state index contributed by atoms with van der Waals surface area (Å²) in [5.41, 5.74) is 7.82. The third-order valence-corrected chi connectivity index (χ3v) is 2.05. The molecule has 2 amide bonds. The van der Waals surface area contributed by atoms with Crippen LogP contribution in [0.3, 0.4) is 0 Å². The molecule has 0 aliphatic rings. The number of urea groups is 1. The topological polar surface area (TPSA) is 76.7 Å². The number of carbonyl (C=O) groups is 1. The van der Waals surface area contributed by atoms with Gasteiger partial charge < -0.3 is 10.5 Å². The van der Waals surface area contributed by atoms with Crippen LogP contribution in [0.1, 0.15) is 5.56 Å². The molecule has 1 aromatic rings. The summed E-state index contributed by atoms with van der Waals surface area (Å²) in [6.07, 6.45) is 2.00. The lowest BCUT2D eigenvalue weighted by atomic mass is 10.1. The molecule has 1 rings (SSSR count). The average molecular weight is 242 g/mol. The fourth-order valence-electron chi connectivity index (χ4n) is 1.16. The van der Waals surface area contributed by atoms with Gasteiger partial charge in [0, 0.05) is 23.2 Å². The molecule has 6 heteroatoms. The Morgan fingerprint density at radius 3 is 3.06 bits per heavy atom. The first-order valence-corrected chi connectivity index (χ1v) is 4.90. The van der Waals surface area contributed by atoms with Crippen LogP contribution in [-0.4, -0.2) is 19.4 Å². The highest BCUT2D eigenvalue weighted by Gasteiger charge is 2.01. The van der Waals surface area contributed by atoms with Crippen molar-refractivity contribution in [3.63, 3.8) is 0 Å². The number of carbonyl (C=O) groups excluding carboxylic acids is 1. The van der Waals surface area contributed by atoms with Crippen LogP contribution in [-0.2, 0) is 6.42 Å². The third-order valence-electron chi connectivity index (χ3n) is 1.82. The molecule has 16 heavy (non-hydrogen) atoms. The first kappa shape index (κ1) is 12.3. The molecule has 0 radical (unpaired) electrons. The monoisotopic (exact) mass is 241 g/mol. The van der Waals surface area contributed by atoms with E-state index in [1.165, 1.54) is 6.21 Å². The van der Waals surface area contributed by atoms with Crippen molar-refractivity contribution in [1.82, 2.24) is 5.43 Å². The Hall–Kier alpha value is -1.75. The first-order chi connectivity index (χ1) is 7.63. The zero-order chi connectivity index (χ0) is 12.0. The minimum absolute atomic E-state index is 0.490. The van der Waals surface area contributed by atoms with Gasteiger partial charge in [-0.15, -0.1) is 0 Å². The number of hydrogen-bond acceptors (Lipinski definition) is 3. The lowest BCUT2D eigenvalue weighted by molar-refractivity contribution is 0.249. The molecule has 1 aromatic carbocycles. The van der Waals surface area contributed by atoms with E-state index >= 15 is 0 Å². The second kappa shape index (κ2) is 5.97. The van der Waals surface area contributed by atoms with Gasteiger partial charge in [-0.1, -0.05) is 11.6 Å². The summed E-state index contributed by atoms with van der Waals surface area (Å²) in [7, 11) is 1.57. The van der Waals surface area contributed by atoms with Gasteiger partial charge in [0.1, 0.15) is 5.75 Å². The Kier molecular flexibility index (Phi) is 4.60. The number of amides is 2. The molecule has 86 valence electrons. The average Bonchev–Trinajstić information content (AvgIpc) is 2.24. The summed E-state index contributed by atoms with van der Waals surface area (Å²) in [6.45, 7) is 0. The summed E-state index contributed by atoms with van der Waals surface area (Å²) in [5.74, 6) is 0.718. The smallest absolute Gasteiger partial charge is 0.332 e. The molecular weight excluding hydrogens is 230 g/mol. The van der Waals surface area contributed by atoms with Gasteiger partial charge in [0.25, 0.3) is 0 Å². The van der Waals surface area contributed by atoms with Crippen LogP contribution in [0.4, 0.5) is 4.79 Å². The van der Waals surface area contributed by atoms with Crippen molar-refractivity contribution in [3.05, 3.63) is 28.8 Å². The molecule has 0 saturated heterocycles. The highest BCUT2D eigenvalue weighted by Crippen LogP contribution is 2.22. The van der Waals surface area contributed by atoms with E-state index in [-0.39, 0.29) is 0 Å². The van der Waals surface area contributed by atoms with Crippen molar-refractivity contribution in [2.45, 2.75) is 6.42 Å². The molecule has 0 unspecified atom stereocenters. The summed E-state index contributed by atoms with van der Waals surface area (Å²) in [6, 6.07) is 4.58. The Balaban J connectivity index is 2.68. The number of primary amides is 1. The van der Waals surface area contributed by atoms with E-state index in [0.717, 1.165) is 11.3 Å². The van der Waals surface area contributed by atoms with Crippen LogP contribution in [0.15, 0.2) is 23.3 Å². The quantitative estimate of drug-likeness (QED) is 0.620. The van der Waals surface area contributed by atoms with Crippen LogP contribution >= 0.6 is 11.6 Å². The van der Waals surface area contributed by atoms with E-state index in [2.05, 4.69) is 10.5 Å². The van der Waals surface area contributed by atoms with E-state index in [1.807, 2.05) is 0 Å². The molecule has 3 N–H and O–H groups in total. The molecule has 0 aliphatic carbocycles. The number of nitrogens with two attached hydrogens (primary N) is 1. The van der Waals surface area contributed by atoms with Gasteiger partial charge in [-0.3, -0.25) is 0 Å². The largest absolute Gasteiger partial charge is 0.496 e. The van der Waals surface area contributed by atoms with E-state index < -0.39 is 6.03 Å². The second-order valence-electron chi connectivity index (χ2n) is 2.95. The van der Waals surface area contributed by atoms with Crippen molar-refractivity contribution in [1.29, 1.82) is 0 Å². The Morgan fingerprint density at radius 2 is 2.44 bits per heavy atom. The van der Waals surface area contributed by atoms with Crippen LogP contribution in [0, 0.1) is 0 Å². The van der Waals surface area contributed by atoms with Crippen molar-refractivity contribution in [3.8, 4) is 5.75 Å². The molecule has 0 aliphatic heterocycles. The Morgan fingerprint density at radius 1 is 1.69 bits per heavy atom. The van der Waals surface area contributed by atoms with Gasteiger partial charge >= 0.3 is 6.03 Å². The van der Waals surface area contributed by atoms with E-state index in [0.29, 0.717) is 11.4 Å². The SMILES string of the molecule is COc1ccc(Cl)cc1CC=NNC(N)=O. The van der Waals surface area contributed by atoms with Gasteiger partial charge in [0.15, 0.2) is 0 Å². The van der Waals surface area contributed by atoms with Crippen molar-refractivity contribution < 1.29 is 9.53 Å². The summed E-state index contributed by atoms with van der Waals surface area (Å²) >= 11 is 5.85. The van der Waals surface area contributed by atoms with E-state index in [1.54, 1.807) is 25.3 Å². The highest BCUT2D eigenvalue weighted by atomic mass is 35.5. The maximum absolute atomic E-state index is 10.3. The summed E-state index contributed by atoms with van der Waals surface area (Å²) < 4.78 is 5.15. The van der Waals surface area contributed by atoms with Gasteiger partial charge in [-0.05, 0) is 18.2 Å². The number of halogens is 1. The van der Waals surface area contributed by atoms with Gasteiger partial charge in [-0.25, -0.2) is 10.2 Å². The molecular formula is C10H12ClN3O2. The molecule has 0 aromatic heterocycles. The zero-order valence-electron chi connectivity index (χ0n) is 8.74. The maximum Gasteiger partial charge on any atom is 0.332 e. The molecule has 5 nitrogen and oxygen atoms in total. The van der Waals surface area contributed by atoms with Crippen molar-refractivity contribution in [2.24, 2.45) is 10.8 Å². The predicted molar refractivity (Wildman–Crippen MR) is 62.9 cm³/mol. The molecule has 0 fully saturated rings. The summed E-state index contributed by atoms with van der Waals surface area (Å²) in [5, 5.41) is 4.24. The number of methoxy groups -OCH3 is 1. The highest BCUT2D eigenvalue weighted by molar-refractivity contribution is 6.30. The fraction of sp³-hybridized carbons (Fsp3) is 0.200. The molecule has 0 atom stereocenters. The molecule has 0 spiro atoms. The van der Waals surface area contributed by atoms with Crippen LogP contribution in [0.2, 0.25) is 5.02 Å². The van der Waals surface area contributed by atoms with Crippen molar-refractivity contribution >= 4 is 23.8 Å². The van der Waals surface area contributed by atoms with Crippen LogP contribution in [0.25, 0.3) is 0 Å². The number of nitrogens with one attached hydrogen (secondary N) is 1. The van der Waals surface area contributed by atoms with Gasteiger partial charge in [0.05, 0.1) is 7.11 Å². The zero-order valence-corrected chi connectivity index (χ0v) is 9.49. The van der Waals surface area contributed by atoms with Crippen LogP contribution < -0.4 is 15.9 Å². The standard InChI is InChI=1S/C10H12ClN3O2/c1-16-9-3-2-8(11)6-7(9)4-5-13-14-10(12)15/h2-3,5-6H,4H2,1H3,(H3,12,14,15). The van der Waals surface area contributed by atoms with Crippen molar-refractivity contribution in [2.75, 3.05) is 7.11 Å². The Bertz CT molecular complexity index is 407. The van der Waals surface area contributed by atoms with Gasteiger partial charge in [-0.2, -0.15) is 5.10 Å². The first-order valence-electron chi connectivity index (χ1n) is 4.53. The van der Waals surface area contributed by atoms with E-state index in [9.17, 15) is 4.79 Å². The lowest BCUT2D eigenvalue weighted by Crippen LogP contribution is -2.24. The summed E-state index contributed by atoms with van der Waals surface area (Å²) in [4.78, 5) is 10.3. The Labute approximate surface area is 98.2 Å². The predicted octanol–water partition coefficient (Wildman–Crippen LogP) is 1.55.